The van der Waals surface area contributed by atoms with Gasteiger partial charge in [0.15, 0.2) is 0 Å². The summed E-state index contributed by atoms with van der Waals surface area (Å²) >= 11 is 0. The van der Waals surface area contributed by atoms with E-state index in [2.05, 4.69) is 47.6 Å². The normalized spacial score (nSPS) is 13.6. The molecule has 0 atom stereocenters. The molecule has 4 nitrogen and oxygen atoms in total. The molecule has 0 aliphatic carbocycles. The van der Waals surface area contributed by atoms with Gasteiger partial charge >= 0.3 is 0 Å². The fourth-order valence-corrected chi connectivity index (χ4v) is 3.23. The maximum atomic E-state index is 4.61. The van der Waals surface area contributed by atoms with Crippen molar-refractivity contribution in [1.82, 2.24) is 20.1 Å². The third kappa shape index (κ3) is 6.17. The minimum absolute atomic E-state index is 0.917. The number of nitrogens with one attached hydrogen (secondary N) is 1. The van der Waals surface area contributed by atoms with Gasteiger partial charge in [0.25, 0.3) is 0 Å². The van der Waals surface area contributed by atoms with Crippen LogP contribution in [0.3, 0.4) is 0 Å². The minimum Gasteiger partial charge on any atom is -0.312 e. The quantitative estimate of drug-likeness (QED) is 0.536. The number of rotatable bonds is 7. The van der Waals surface area contributed by atoms with E-state index in [1.54, 1.807) is 6.08 Å². The van der Waals surface area contributed by atoms with Gasteiger partial charge in [0.05, 0.1) is 5.69 Å². The van der Waals surface area contributed by atoms with Crippen LogP contribution in [0.15, 0.2) is 73.6 Å². The number of pyridine rings is 1. The van der Waals surface area contributed by atoms with Crippen LogP contribution in [0.2, 0.25) is 0 Å². The molecule has 3 rings (SSSR count). The van der Waals surface area contributed by atoms with Crippen molar-refractivity contribution >= 4 is 0 Å². The fraction of sp³-hybridized carbons (Fsp3) is 0.333. The Bertz CT molecular complexity index is 813. The van der Waals surface area contributed by atoms with Crippen LogP contribution in [0, 0.1) is 0 Å². The number of nitrogens with zero attached hydrogens (tertiary/aromatic N) is 3. The Labute approximate surface area is 169 Å². The highest BCUT2D eigenvalue weighted by atomic mass is 15.3. The first kappa shape index (κ1) is 21.6. The summed E-state index contributed by atoms with van der Waals surface area (Å²) in [4.78, 5) is 4.04. The highest BCUT2D eigenvalue weighted by Crippen LogP contribution is 2.26. The van der Waals surface area contributed by atoms with Gasteiger partial charge in [0.2, 0.25) is 0 Å². The Morgan fingerprint density at radius 3 is 2.75 bits per heavy atom. The first-order chi connectivity index (χ1) is 13.7. The van der Waals surface area contributed by atoms with Gasteiger partial charge in [-0.1, -0.05) is 55.9 Å². The van der Waals surface area contributed by atoms with Crippen molar-refractivity contribution in [2.24, 2.45) is 7.05 Å². The van der Waals surface area contributed by atoms with Gasteiger partial charge in [-0.25, -0.2) is 0 Å². The van der Waals surface area contributed by atoms with Gasteiger partial charge in [-0.15, -0.1) is 6.58 Å². The van der Waals surface area contributed by atoms with Crippen LogP contribution in [-0.4, -0.2) is 21.3 Å². The van der Waals surface area contributed by atoms with E-state index in [4.69, 9.17) is 0 Å². The van der Waals surface area contributed by atoms with Crippen LogP contribution in [0.1, 0.15) is 37.4 Å². The van der Waals surface area contributed by atoms with Crippen molar-refractivity contribution in [3.63, 3.8) is 0 Å². The first-order valence-electron chi connectivity index (χ1n) is 9.96. The molecule has 148 valence electrons. The molecule has 0 unspecified atom stereocenters. The number of allylic oxidation sites excluding steroid dienone is 6. The zero-order chi connectivity index (χ0) is 20.2. The SMILES string of the molecule is C=C/C=C\C(=C\CC=C)CCC.Cn1nc(-c2ccncc2)c2c1CCNC2. The standard InChI is InChI=1S/C12H14N4.C12H18/c1-16-11-4-7-14-8-10(11)12(15-16)9-2-5-13-6-3-9;1-4-7-10-12(9-6-3)11-8-5-2/h2-3,5-6,14H,4,7-8H2,1H3;4-5,7,10-11H,1-2,6,8-9H2,3H3/b;10-7-,12-11+. The average Bonchev–Trinajstić information content (AvgIpc) is 3.08. The summed E-state index contributed by atoms with van der Waals surface area (Å²) < 4.78 is 2.01. The van der Waals surface area contributed by atoms with Crippen molar-refractivity contribution in [3.8, 4) is 11.3 Å². The molecule has 28 heavy (non-hydrogen) atoms. The molecule has 1 aliphatic rings. The highest BCUT2D eigenvalue weighted by molar-refractivity contribution is 5.63. The molecule has 0 bridgehead atoms. The number of hydrogen-bond acceptors (Lipinski definition) is 3. The molecule has 0 amide bonds. The topological polar surface area (TPSA) is 42.7 Å². The van der Waals surface area contributed by atoms with Gasteiger partial charge in [-0.2, -0.15) is 5.10 Å². The van der Waals surface area contributed by atoms with E-state index in [1.807, 2.05) is 48.4 Å². The van der Waals surface area contributed by atoms with E-state index in [1.165, 1.54) is 23.3 Å². The van der Waals surface area contributed by atoms with Crippen molar-refractivity contribution < 1.29 is 0 Å². The largest absolute Gasteiger partial charge is 0.312 e. The maximum absolute atomic E-state index is 4.61. The molecule has 0 fully saturated rings. The number of hydrogen-bond donors (Lipinski definition) is 1. The second-order valence-electron chi connectivity index (χ2n) is 6.71. The van der Waals surface area contributed by atoms with Crippen LogP contribution in [0.4, 0.5) is 0 Å². The predicted octanol–water partition coefficient (Wildman–Crippen LogP) is 5.16. The van der Waals surface area contributed by atoms with E-state index in [0.29, 0.717) is 0 Å². The zero-order valence-corrected chi connectivity index (χ0v) is 17.2. The van der Waals surface area contributed by atoms with E-state index in [-0.39, 0.29) is 0 Å². The summed E-state index contributed by atoms with van der Waals surface area (Å²) in [6.45, 7) is 11.5. The molecule has 0 radical (unpaired) electrons. The second kappa shape index (κ2) is 11.9. The summed E-state index contributed by atoms with van der Waals surface area (Å²) in [5.74, 6) is 0. The summed E-state index contributed by atoms with van der Waals surface area (Å²) in [6.07, 6.45) is 18.0. The van der Waals surface area contributed by atoms with Crippen LogP contribution in [0.5, 0.6) is 0 Å². The number of aromatic nitrogens is 3. The third-order valence-corrected chi connectivity index (χ3v) is 4.60. The Hall–Kier alpha value is -2.72. The molecule has 0 saturated heterocycles. The number of aryl methyl sites for hydroxylation is 1. The Balaban J connectivity index is 0.000000211. The van der Waals surface area contributed by atoms with Crippen molar-refractivity contribution in [3.05, 3.63) is 84.9 Å². The third-order valence-electron chi connectivity index (χ3n) is 4.60. The fourth-order valence-electron chi connectivity index (χ4n) is 3.23. The van der Waals surface area contributed by atoms with E-state index >= 15 is 0 Å². The highest BCUT2D eigenvalue weighted by Gasteiger charge is 2.19. The molecule has 0 saturated carbocycles. The molecular weight excluding hydrogens is 344 g/mol. The van der Waals surface area contributed by atoms with Crippen molar-refractivity contribution in [2.45, 2.75) is 39.2 Å². The maximum Gasteiger partial charge on any atom is 0.0972 e. The first-order valence-corrected chi connectivity index (χ1v) is 9.96. The molecule has 0 spiro atoms. The lowest BCUT2D eigenvalue weighted by atomic mass is 10.0. The lowest BCUT2D eigenvalue weighted by Gasteiger charge is -2.14. The molecule has 3 heterocycles. The van der Waals surface area contributed by atoms with Gasteiger partial charge in [-0.05, 0) is 25.0 Å². The molecular formula is C24H32N4. The molecule has 2 aromatic rings. The molecule has 0 aromatic carbocycles. The van der Waals surface area contributed by atoms with E-state index in [9.17, 15) is 0 Å². The van der Waals surface area contributed by atoms with Crippen LogP contribution in [-0.2, 0) is 20.0 Å². The van der Waals surface area contributed by atoms with Gasteiger partial charge in [0.1, 0.15) is 0 Å². The Kier molecular flexibility index (Phi) is 9.16. The lowest BCUT2D eigenvalue weighted by Crippen LogP contribution is -2.24. The van der Waals surface area contributed by atoms with Crippen molar-refractivity contribution in [2.75, 3.05) is 6.54 Å². The minimum atomic E-state index is 0.917. The molecule has 1 N–H and O–H groups in total. The summed E-state index contributed by atoms with van der Waals surface area (Å²) in [6, 6.07) is 4.02. The van der Waals surface area contributed by atoms with Gasteiger partial charge < -0.3 is 5.32 Å². The smallest absolute Gasteiger partial charge is 0.0972 e. The monoisotopic (exact) mass is 376 g/mol. The van der Waals surface area contributed by atoms with Crippen molar-refractivity contribution in [1.29, 1.82) is 0 Å². The summed E-state index contributed by atoms with van der Waals surface area (Å²) in [5, 5.41) is 8.01. The number of fused-ring (bicyclic) bond motifs is 1. The average molecular weight is 377 g/mol. The van der Waals surface area contributed by atoms with E-state index in [0.717, 1.165) is 43.6 Å². The Morgan fingerprint density at radius 1 is 1.29 bits per heavy atom. The van der Waals surface area contributed by atoms with Gasteiger partial charge in [-0.3, -0.25) is 9.67 Å². The van der Waals surface area contributed by atoms with Gasteiger partial charge in [0, 0.05) is 55.8 Å². The van der Waals surface area contributed by atoms with E-state index < -0.39 is 0 Å². The Morgan fingerprint density at radius 2 is 2.07 bits per heavy atom. The van der Waals surface area contributed by atoms with Crippen LogP contribution in [0.25, 0.3) is 11.3 Å². The zero-order valence-electron chi connectivity index (χ0n) is 17.2. The van der Waals surface area contributed by atoms with Crippen LogP contribution >= 0.6 is 0 Å². The molecule has 2 aromatic heterocycles. The molecule has 1 aliphatic heterocycles. The molecule has 4 heteroatoms. The second-order valence-corrected chi connectivity index (χ2v) is 6.71. The summed E-state index contributed by atoms with van der Waals surface area (Å²) in [7, 11) is 2.02. The summed E-state index contributed by atoms with van der Waals surface area (Å²) in [5.41, 5.74) is 6.30. The lowest BCUT2D eigenvalue weighted by molar-refractivity contribution is 0.604. The van der Waals surface area contributed by atoms with Crippen LogP contribution < -0.4 is 5.32 Å². The predicted molar refractivity (Wildman–Crippen MR) is 119 cm³/mol.